The first-order chi connectivity index (χ1) is 10.8. The summed E-state index contributed by atoms with van der Waals surface area (Å²) in [6, 6.07) is 9.90. The molecule has 22 heavy (non-hydrogen) atoms. The monoisotopic (exact) mass is 302 g/mol. The van der Waals surface area contributed by atoms with Crippen molar-refractivity contribution in [1.82, 2.24) is 0 Å². The predicted octanol–water partition coefficient (Wildman–Crippen LogP) is 2.40. The summed E-state index contributed by atoms with van der Waals surface area (Å²) < 4.78 is 27.7. The minimum absolute atomic E-state index is 0.200. The molecule has 2 saturated heterocycles. The number of epoxide rings is 2. The lowest BCUT2D eigenvalue weighted by atomic mass is 10.1. The Hall–Kier alpha value is -1.98. The molecule has 2 heterocycles. The van der Waals surface area contributed by atoms with E-state index in [4.69, 9.17) is 23.7 Å². The molecule has 0 saturated carbocycles. The average Bonchev–Trinajstić information content (AvgIpc) is 3.45. The van der Waals surface area contributed by atoms with E-state index in [1.807, 2.05) is 30.3 Å². The molecule has 5 nitrogen and oxygen atoms in total. The molecule has 2 unspecified atom stereocenters. The zero-order chi connectivity index (χ0) is 14.9. The first kappa shape index (κ1) is 13.7. The summed E-state index contributed by atoms with van der Waals surface area (Å²) in [6.45, 7) is 2.64. The molecule has 0 aliphatic carbocycles. The molecule has 2 aliphatic heterocycles. The van der Waals surface area contributed by atoms with Crippen LogP contribution >= 0.6 is 0 Å². The molecule has 0 aromatic heterocycles. The van der Waals surface area contributed by atoms with Gasteiger partial charge in [-0.3, -0.25) is 0 Å². The van der Waals surface area contributed by atoms with Crippen molar-refractivity contribution in [3.63, 3.8) is 0 Å². The number of fused-ring (bicyclic) bond motifs is 1. The third kappa shape index (κ3) is 2.82. The van der Waals surface area contributed by atoms with Gasteiger partial charge < -0.3 is 23.7 Å². The van der Waals surface area contributed by atoms with Gasteiger partial charge in [0.1, 0.15) is 31.2 Å². The van der Waals surface area contributed by atoms with E-state index in [1.54, 1.807) is 7.11 Å². The summed E-state index contributed by atoms with van der Waals surface area (Å²) >= 11 is 0. The van der Waals surface area contributed by atoms with Crippen LogP contribution in [0, 0.1) is 0 Å². The normalized spacial score (nSPS) is 22.4. The Balaban J connectivity index is 1.70. The number of hydrogen-bond acceptors (Lipinski definition) is 5. The van der Waals surface area contributed by atoms with Crippen molar-refractivity contribution < 1.29 is 23.7 Å². The fourth-order valence-electron chi connectivity index (χ4n) is 2.40. The van der Waals surface area contributed by atoms with Gasteiger partial charge in [0.05, 0.1) is 20.3 Å². The zero-order valence-corrected chi connectivity index (χ0v) is 12.4. The molecule has 0 bridgehead atoms. The fraction of sp³-hybridized carbons (Fsp3) is 0.412. The number of ether oxygens (including phenoxy) is 5. The van der Waals surface area contributed by atoms with Crippen LogP contribution in [-0.2, 0) is 9.47 Å². The van der Waals surface area contributed by atoms with Crippen LogP contribution in [0.15, 0.2) is 30.3 Å². The number of benzene rings is 2. The van der Waals surface area contributed by atoms with Crippen LogP contribution in [0.25, 0.3) is 10.8 Å². The molecule has 2 aliphatic rings. The predicted molar refractivity (Wildman–Crippen MR) is 81.0 cm³/mol. The molecule has 0 N–H and O–H groups in total. The number of rotatable bonds is 7. The van der Waals surface area contributed by atoms with E-state index in [-0.39, 0.29) is 12.2 Å². The molecule has 116 valence electrons. The summed E-state index contributed by atoms with van der Waals surface area (Å²) in [5, 5.41) is 1.99. The number of methoxy groups -OCH3 is 1. The van der Waals surface area contributed by atoms with E-state index in [1.165, 1.54) is 0 Å². The van der Waals surface area contributed by atoms with Gasteiger partial charge in [-0.2, -0.15) is 0 Å². The van der Waals surface area contributed by atoms with E-state index in [0.717, 1.165) is 35.5 Å². The van der Waals surface area contributed by atoms with Crippen molar-refractivity contribution >= 4 is 10.8 Å². The van der Waals surface area contributed by atoms with Gasteiger partial charge in [-0.25, -0.2) is 0 Å². The molecule has 4 rings (SSSR count). The molecule has 2 atom stereocenters. The Kier molecular flexibility index (Phi) is 3.52. The Morgan fingerprint density at radius 2 is 1.59 bits per heavy atom. The van der Waals surface area contributed by atoms with Crippen LogP contribution < -0.4 is 14.2 Å². The molecular formula is C17H18O5. The summed E-state index contributed by atoms with van der Waals surface area (Å²) in [7, 11) is 1.64. The molecule has 2 fully saturated rings. The van der Waals surface area contributed by atoms with E-state index in [2.05, 4.69) is 0 Å². The molecule has 0 radical (unpaired) electrons. The van der Waals surface area contributed by atoms with Crippen molar-refractivity contribution in [1.29, 1.82) is 0 Å². The molecule has 0 amide bonds. The standard InChI is InChI=1S/C17H18O5/c1-18-16-6-15(21-9-11-7-19-11)13-4-2-3-5-14(13)17(16)22-10-12-8-20-12/h2-6,11-12H,7-10H2,1H3. The molecule has 5 heteroatoms. The van der Waals surface area contributed by atoms with E-state index in [9.17, 15) is 0 Å². The van der Waals surface area contributed by atoms with E-state index in [0.29, 0.717) is 19.0 Å². The van der Waals surface area contributed by atoms with Crippen LogP contribution in [0.4, 0.5) is 0 Å². The van der Waals surface area contributed by atoms with Gasteiger partial charge in [-0.05, 0) is 0 Å². The summed E-state index contributed by atoms with van der Waals surface area (Å²) in [5.41, 5.74) is 0. The second-order valence-corrected chi connectivity index (χ2v) is 5.48. The first-order valence-corrected chi connectivity index (χ1v) is 7.43. The minimum atomic E-state index is 0.200. The van der Waals surface area contributed by atoms with Crippen LogP contribution in [0.5, 0.6) is 17.2 Å². The Morgan fingerprint density at radius 1 is 0.955 bits per heavy atom. The average molecular weight is 302 g/mol. The number of hydrogen-bond donors (Lipinski definition) is 0. The Bertz CT molecular complexity index is 676. The van der Waals surface area contributed by atoms with Gasteiger partial charge >= 0.3 is 0 Å². The molecule has 2 aromatic carbocycles. The maximum Gasteiger partial charge on any atom is 0.169 e. The maximum absolute atomic E-state index is 5.93. The van der Waals surface area contributed by atoms with Crippen LogP contribution in [0.2, 0.25) is 0 Å². The van der Waals surface area contributed by atoms with Crippen LogP contribution in [0.3, 0.4) is 0 Å². The zero-order valence-electron chi connectivity index (χ0n) is 12.4. The minimum Gasteiger partial charge on any atom is -0.493 e. The molecule has 2 aromatic rings. The van der Waals surface area contributed by atoms with Gasteiger partial charge in [0.15, 0.2) is 11.5 Å². The lowest BCUT2D eigenvalue weighted by molar-refractivity contribution is 0.251. The second kappa shape index (κ2) is 5.66. The van der Waals surface area contributed by atoms with Gasteiger partial charge in [0.2, 0.25) is 0 Å². The highest BCUT2D eigenvalue weighted by molar-refractivity contribution is 5.95. The fourth-order valence-corrected chi connectivity index (χ4v) is 2.40. The van der Waals surface area contributed by atoms with Crippen molar-refractivity contribution in [3.8, 4) is 17.2 Å². The highest BCUT2D eigenvalue weighted by Crippen LogP contribution is 2.42. The third-order valence-corrected chi connectivity index (χ3v) is 3.79. The largest absolute Gasteiger partial charge is 0.493 e. The van der Waals surface area contributed by atoms with Gasteiger partial charge in [0.25, 0.3) is 0 Å². The van der Waals surface area contributed by atoms with Gasteiger partial charge in [-0.15, -0.1) is 0 Å². The maximum atomic E-state index is 5.93. The lowest BCUT2D eigenvalue weighted by Crippen LogP contribution is -2.07. The first-order valence-electron chi connectivity index (χ1n) is 7.43. The molecule has 0 spiro atoms. The summed E-state index contributed by atoms with van der Waals surface area (Å²) in [4.78, 5) is 0. The second-order valence-electron chi connectivity index (χ2n) is 5.48. The van der Waals surface area contributed by atoms with E-state index >= 15 is 0 Å². The van der Waals surface area contributed by atoms with E-state index < -0.39 is 0 Å². The highest BCUT2D eigenvalue weighted by atomic mass is 16.6. The van der Waals surface area contributed by atoms with Gasteiger partial charge in [-0.1, -0.05) is 24.3 Å². The topological polar surface area (TPSA) is 52.8 Å². The third-order valence-electron chi connectivity index (χ3n) is 3.79. The van der Waals surface area contributed by atoms with Crippen LogP contribution in [-0.4, -0.2) is 45.7 Å². The quantitative estimate of drug-likeness (QED) is 0.735. The van der Waals surface area contributed by atoms with Gasteiger partial charge in [0, 0.05) is 16.8 Å². The van der Waals surface area contributed by atoms with Crippen molar-refractivity contribution in [2.24, 2.45) is 0 Å². The summed E-state index contributed by atoms with van der Waals surface area (Å²) in [6.07, 6.45) is 0.416. The van der Waals surface area contributed by atoms with Crippen molar-refractivity contribution in [2.45, 2.75) is 12.2 Å². The Morgan fingerprint density at radius 3 is 2.23 bits per heavy atom. The highest BCUT2D eigenvalue weighted by Gasteiger charge is 2.26. The summed E-state index contributed by atoms with van der Waals surface area (Å²) in [5.74, 6) is 2.20. The van der Waals surface area contributed by atoms with Crippen molar-refractivity contribution in [3.05, 3.63) is 30.3 Å². The Labute approximate surface area is 128 Å². The van der Waals surface area contributed by atoms with Crippen LogP contribution in [0.1, 0.15) is 0 Å². The van der Waals surface area contributed by atoms with Crippen molar-refractivity contribution in [2.75, 3.05) is 33.5 Å². The lowest BCUT2D eigenvalue weighted by Gasteiger charge is -2.16. The SMILES string of the molecule is COc1cc(OCC2CO2)c2ccccc2c1OCC1CO1. The smallest absolute Gasteiger partial charge is 0.169 e. The molecular weight excluding hydrogens is 284 g/mol.